The van der Waals surface area contributed by atoms with Gasteiger partial charge in [0.1, 0.15) is 18.4 Å². The third-order valence-corrected chi connectivity index (χ3v) is 2.98. The quantitative estimate of drug-likeness (QED) is 0.537. The van der Waals surface area contributed by atoms with Gasteiger partial charge in [-0.1, -0.05) is 12.1 Å². The maximum absolute atomic E-state index is 13.2. The van der Waals surface area contributed by atoms with Crippen LogP contribution in [0.5, 0.6) is 5.75 Å². The molecule has 0 saturated heterocycles. The van der Waals surface area contributed by atoms with Gasteiger partial charge in [0.15, 0.2) is 0 Å². The van der Waals surface area contributed by atoms with Gasteiger partial charge in [-0.25, -0.2) is 8.78 Å². The van der Waals surface area contributed by atoms with E-state index in [4.69, 9.17) is 16.3 Å². The Morgan fingerprint density at radius 1 is 1.36 bits per heavy atom. The number of hydrogen-bond acceptors (Lipinski definition) is 3. The van der Waals surface area contributed by atoms with Gasteiger partial charge in [-0.3, -0.25) is 9.69 Å². The van der Waals surface area contributed by atoms with Crippen molar-refractivity contribution in [3.05, 3.63) is 23.8 Å². The first-order valence-electron chi connectivity index (χ1n) is 6.54. The number of carbonyl (C=O) groups is 1. The van der Waals surface area contributed by atoms with Crippen LogP contribution >= 0.6 is 11.6 Å². The molecule has 0 N–H and O–H groups in total. The third kappa shape index (κ3) is 4.78. The van der Waals surface area contributed by atoms with Crippen LogP contribution in [-0.4, -0.2) is 37.9 Å². The molecule has 0 aromatic heterocycles. The van der Waals surface area contributed by atoms with Crippen LogP contribution in [0.15, 0.2) is 18.2 Å². The van der Waals surface area contributed by atoms with E-state index in [1.165, 1.54) is 12.1 Å². The molecule has 1 aromatic rings. The number of para-hydroxylation sites is 1. The molecule has 0 fully saturated rings. The minimum Gasteiger partial charge on any atom is -0.452 e. The molecule has 22 heavy (non-hydrogen) atoms. The summed E-state index contributed by atoms with van der Waals surface area (Å²) < 4.78 is 47.7. The molecule has 0 spiro atoms. The maximum Gasteiger partial charge on any atom is 0.304 e. The van der Waals surface area contributed by atoms with Gasteiger partial charge in [-0.05, 0) is 25.5 Å². The number of aryl methyl sites for hydroxylation is 1. The van der Waals surface area contributed by atoms with E-state index >= 15 is 0 Å². The van der Waals surface area contributed by atoms with Gasteiger partial charge in [0, 0.05) is 6.61 Å². The lowest BCUT2D eigenvalue weighted by atomic mass is 10.1. The lowest BCUT2D eigenvalue weighted by molar-refractivity contribution is -0.117. The first kappa shape index (κ1) is 18.6. The topological polar surface area (TPSA) is 38.8 Å². The highest BCUT2D eigenvalue weighted by Gasteiger charge is 2.26. The predicted octanol–water partition coefficient (Wildman–Crippen LogP) is 3.50. The molecule has 0 heterocycles. The number of nitrogens with zero attached hydrogens (tertiary/aromatic N) is 1. The summed E-state index contributed by atoms with van der Waals surface area (Å²) in [4.78, 5) is 13.1. The van der Waals surface area contributed by atoms with Gasteiger partial charge in [0.05, 0.1) is 5.69 Å². The smallest absolute Gasteiger partial charge is 0.304 e. The molecular weight excluding hydrogens is 323 g/mol. The standard InChI is InChI=1S/C14H17ClF3NO3/c1-3-21-8-19(11(20)7-15)12-9(2)5-4-6-10(12)22-14(18)13(16)17/h4-6,13-14H,3,7-8H2,1-2H3. The van der Waals surface area contributed by atoms with E-state index in [9.17, 15) is 18.0 Å². The lowest BCUT2D eigenvalue weighted by Crippen LogP contribution is -2.35. The SMILES string of the molecule is CCOCN(C(=O)CCl)c1c(C)cccc1OC(F)C(F)F. The van der Waals surface area contributed by atoms with Crippen molar-refractivity contribution in [2.24, 2.45) is 0 Å². The molecule has 8 heteroatoms. The van der Waals surface area contributed by atoms with Gasteiger partial charge in [0.25, 0.3) is 6.36 Å². The maximum atomic E-state index is 13.2. The zero-order valence-electron chi connectivity index (χ0n) is 12.2. The predicted molar refractivity (Wildman–Crippen MR) is 77.4 cm³/mol. The zero-order valence-corrected chi connectivity index (χ0v) is 12.9. The van der Waals surface area contributed by atoms with E-state index in [1.807, 2.05) is 0 Å². The number of alkyl halides is 4. The highest BCUT2D eigenvalue weighted by Crippen LogP contribution is 2.33. The van der Waals surface area contributed by atoms with E-state index in [0.717, 1.165) is 4.90 Å². The summed E-state index contributed by atoms with van der Waals surface area (Å²) in [6, 6.07) is 4.45. The number of hydrogen-bond donors (Lipinski definition) is 0. The van der Waals surface area contributed by atoms with Crippen molar-refractivity contribution in [3.63, 3.8) is 0 Å². The first-order chi connectivity index (χ1) is 10.4. The van der Waals surface area contributed by atoms with Gasteiger partial charge in [-0.15, -0.1) is 11.6 Å². The molecular formula is C14H17ClF3NO3. The Kier molecular flexibility index (Phi) is 7.47. The van der Waals surface area contributed by atoms with Crippen molar-refractivity contribution in [1.82, 2.24) is 0 Å². The highest BCUT2D eigenvalue weighted by molar-refractivity contribution is 6.29. The number of benzene rings is 1. The van der Waals surface area contributed by atoms with Crippen LogP contribution in [0.25, 0.3) is 0 Å². The summed E-state index contributed by atoms with van der Waals surface area (Å²) in [6.45, 7) is 3.55. The summed E-state index contributed by atoms with van der Waals surface area (Å²) in [5, 5.41) is 0. The van der Waals surface area contributed by atoms with E-state index < -0.39 is 18.7 Å². The van der Waals surface area contributed by atoms with Crippen molar-refractivity contribution in [2.75, 3.05) is 24.1 Å². The lowest BCUT2D eigenvalue weighted by Gasteiger charge is -2.26. The van der Waals surface area contributed by atoms with Crippen LogP contribution in [0.4, 0.5) is 18.9 Å². The summed E-state index contributed by atoms with van der Waals surface area (Å²) in [6.07, 6.45) is -6.09. The highest BCUT2D eigenvalue weighted by atomic mass is 35.5. The van der Waals surface area contributed by atoms with E-state index in [0.29, 0.717) is 12.2 Å². The van der Waals surface area contributed by atoms with Crippen LogP contribution in [-0.2, 0) is 9.53 Å². The van der Waals surface area contributed by atoms with Gasteiger partial charge in [-0.2, -0.15) is 4.39 Å². The van der Waals surface area contributed by atoms with Crippen LogP contribution in [0.1, 0.15) is 12.5 Å². The molecule has 1 rings (SSSR count). The Morgan fingerprint density at radius 2 is 2.05 bits per heavy atom. The first-order valence-corrected chi connectivity index (χ1v) is 7.08. The Labute approximate surface area is 131 Å². The average molecular weight is 340 g/mol. The monoisotopic (exact) mass is 339 g/mol. The number of halogens is 4. The molecule has 1 aromatic carbocycles. The Morgan fingerprint density at radius 3 is 2.59 bits per heavy atom. The molecule has 4 nitrogen and oxygen atoms in total. The van der Waals surface area contributed by atoms with Crippen LogP contribution in [0, 0.1) is 6.92 Å². The average Bonchev–Trinajstić information content (AvgIpc) is 2.49. The second-order valence-electron chi connectivity index (χ2n) is 4.30. The zero-order chi connectivity index (χ0) is 16.7. The second-order valence-corrected chi connectivity index (χ2v) is 4.57. The fourth-order valence-corrected chi connectivity index (χ4v) is 1.91. The van der Waals surface area contributed by atoms with Gasteiger partial charge in [0.2, 0.25) is 5.91 Å². The third-order valence-electron chi connectivity index (χ3n) is 2.75. The molecule has 1 atom stereocenters. The van der Waals surface area contributed by atoms with Gasteiger partial charge >= 0.3 is 6.43 Å². The normalized spacial score (nSPS) is 12.3. The Hall–Kier alpha value is -1.47. The molecule has 0 radical (unpaired) electrons. The number of rotatable bonds is 8. The van der Waals surface area contributed by atoms with Crippen LogP contribution < -0.4 is 9.64 Å². The van der Waals surface area contributed by atoms with Crippen molar-refractivity contribution >= 4 is 23.2 Å². The van der Waals surface area contributed by atoms with Crippen molar-refractivity contribution in [1.29, 1.82) is 0 Å². The van der Waals surface area contributed by atoms with Gasteiger partial charge < -0.3 is 9.47 Å². The fourth-order valence-electron chi connectivity index (χ4n) is 1.76. The summed E-state index contributed by atoms with van der Waals surface area (Å²) in [5.74, 6) is -1.03. The summed E-state index contributed by atoms with van der Waals surface area (Å²) in [7, 11) is 0. The molecule has 0 aliphatic rings. The molecule has 1 unspecified atom stereocenters. The van der Waals surface area contributed by atoms with E-state index in [2.05, 4.69) is 4.74 Å². The molecule has 0 aliphatic heterocycles. The molecule has 0 aliphatic carbocycles. The van der Waals surface area contributed by atoms with Crippen LogP contribution in [0.3, 0.4) is 0 Å². The number of carbonyl (C=O) groups excluding carboxylic acids is 1. The summed E-state index contributed by atoms with van der Waals surface area (Å²) in [5.41, 5.74) is 0.696. The van der Waals surface area contributed by atoms with Crippen molar-refractivity contribution in [2.45, 2.75) is 26.6 Å². The van der Waals surface area contributed by atoms with Crippen molar-refractivity contribution < 1.29 is 27.4 Å². The number of ether oxygens (including phenoxy) is 2. The van der Waals surface area contributed by atoms with E-state index in [1.54, 1.807) is 19.9 Å². The molecule has 1 amide bonds. The Bertz CT molecular complexity index is 502. The second kappa shape index (κ2) is 8.85. The van der Waals surface area contributed by atoms with E-state index in [-0.39, 0.29) is 24.0 Å². The Balaban J connectivity index is 3.19. The number of anilines is 1. The molecule has 0 saturated carbocycles. The van der Waals surface area contributed by atoms with Crippen LogP contribution in [0.2, 0.25) is 0 Å². The minimum atomic E-state index is -3.29. The largest absolute Gasteiger partial charge is 0.452 e. The summed E-state index contributed by atoms with van der Waals surface area (Å²) >= 11 is 5.55. The number of amides is 1. The molecule has 0 bridgehead atoms. The molecule has 124 valence electrons. The fraction of sp³-hybridized carbons (Fsp3) is 0.500. The minimum absolute atomic E-state index is 0.144. The van der Waals surface area contributed by atoms with Crippen molar-refractivity contribution in [3.8, 4) is 5.75 Å².